The predicted molar refractivity (Wildman–Crippen MR) is 91.2 cm³/mol. The fourth-order valence-electron chi connectivity index (χ4n) is 1.73. The van der Waals surface area contributed by atoms with Crippen LogP contribution in [0.3, 0.4) is 0 Å². The molecule has 0 fully saturated rings. The number of nitrogens with one attached hydrogen (secondary N) is 2. The smallest absolute Gasteiger partial charge is 0.331 e. The van der Waals surface area contributed by atoms with Crippen LogP contribution in [0.15, 0.2) is 24.3 Å². The summed E-state index contributed by atoms with van der Waals surface area (Å²) in [5.74, 6) is -0.427. The highest BCUT2D eigenvalue weighted by Gasteiger charge is 2.07. The molecular weight excluding hydrogens is 328 g/mol. The molecule has 0 aliphatic heterocycles. The van der Waals surface area contributed by atoms with Crippen molar-refractivity contribution in [2.75, 3.05) is 33.9 Å². The van der Waals surface area contributed by atoms with Crippen LogP contribution >= 0.6 is 0 Å². The monoisotopic (exact) mass is 350 g/mol. The van der Waals surface area contributed by atoms with E-state index in [-0.39, 0.29) is 12.5 Å². The molecule has 0 bridgehead atoms. The van der Waals surface area contributed by atoms with E-state index in [1.807, 2.05) is 6.92 Å². The number of esters is 1. The van der Waals surface area contributed by atoms with Gasteiger partial charge in [0.05, 0.1) is 20.3 Å². The molecule has 0 saturated heterocycles. The van der Waals surface area contributed by atoms with Crippen LogP contribution in [0.5, 0.6) is 11.5 Å². The number of benzene rings is 1. The van der Waals surface area contributed by atoms with Crippen molar-refractivity contribution >= 4 is 23.9 Å². The molecule has 0 unspecified atom stereocenters. The summed E-state index contributed by atoms with van der Waals surface area (Å²) in [5, 5.41) is 4.67. The van der Waals surface area contributed by atoms with Crippen molar-refractivity contribution in [2.24, 2.45) is 0 Å². The van der Waals surface area contributed by atoms with E-state index in [9.17, 15) is 14.4 Å². The Kier molecular flexibility index (Phi) is 8.56. The SMILES string of the molecule is CCOc1ccc(/C=C/C(=O)OCC(=O)NCC(=O)NC)cc1OC. The number of carbonyl (C=O) groups excluding carboxylic acids is 3. The van der Waals surface area contributed by atoms with Crippen LogP contribution in [-0.4, -0.2) is 51.7 Å². The summed E-state index contributed by atoms with van der Waals surface area (Å²) in [6.45, 7) is 1.75. The lowest BCUT2D eigenvalue weighted by Crippen LogP contribution is -2.37. The Morgan fingerprint density at radius 2 is 1.92 bits per heavy atom. The van der Waals surface area contributed by atoms with Gasteiger partial charge in [-0.1, -0.05) is 6.07 Å². The number of likely N-dealkylation sites (N-methyl/N-ethyl adjacent to an activating group) is 1. The molecule has 0 aromatic heterocycles. The maximum atomic E-state index is 11.6. The number of rotatable bonds is 9. The van der Waals surface area contributed by atoms with E-state index in [0.717, 1.165) is 0 Å². The molecule has 8 heteroatoms. The molecule has 0 radical (unpaired) electrons. The molecule has 8 nitrogen and oxygen atoms in total. The van der Waals surface area contributed by atoms with Gasteiger partial charge in [-0.2, -0.15) is 0 Å². The van der Waals surface area contributed by atoms with Gasteiger partial charge in [0.25, 0.3) is 5.91 Å². The molecular formula is C17H22N2O6. The van der Waals surface area contributed by atoms with Gasteiger partial charge < -0.3 is 24.8 Å². The number of ether oxygens (including phenoxy) is 3. The first-order valence-electron chi connectivity index (χ1n) is 7.63. The maximum Gasteiger partial charge on any atom is 0.331 e. The van der Waals surface area contributed by atoms with Gasteiger partial charge in [-0.3, -0.25) is 9.59 Å². The van der Waals surface area contributed by atoms with Gasteiger partial charge in [0.15, 0.2) is 18.1 Å². The quantitative estimate of drug-likeness (QED) is 0.497. The summed E-state index contributed by atoms with van der Waals surface area (Å²) in [6.07, 6.45) is 2.73. The largest absolute Gasteiger partial charge is 0.493 e. The number of carbonyl (C=O) groups is 3. The molecule has 136 valence electrons. The number of amides is 2. The minimum absolute atomic E-state index is 0.172. The van der Waals surface area contributed by atoms with Crippen molar-refractivity contribution in [1.29, 1.82) is 0 Å². The normalized spacial score (nSPS) is 10.2. The molecule has 25 heavy (non-hydrogen) atoms. The van der Waals surface area contributed by atoms with E-state index in [0.29, 0.717) is 23.7 Å². The van der Waals surface area contributed by atoms with Crippen molar-refractivity contribution in [1.82, 2.24) is 10.6 Å². The topological polar surface area (TPSA) is 103 Å². The lowest BCUT2D eigenvalue weighted by Gasteiger charge is -2.09. The highest BCUT2D eigenvalue weighted by atomic mass is 16.5. The third-order valence-electron chi connectivity index (χ3n) is 2.97. The van der Waals surface area contributed by atoms with E-state index in [2.05, 4.69) is 10.6 Å². The van der Waals surface area contributed by atoms with Gasteiger partial charge in [0.1, 0.15) is 0 Å². The van der Waals surface area contributed by atoms with Crippen LogP contribution < -0.4 is 20.1 Å². The molecule has 1 aromatic carbocycles. The molecule has 0 heterocycles. The lowest BCUT2D eigenvalue weighted by atomic mass is 10.2. The summed E-state index contributed by atoms with van der Waals surface area (Å²) in [5.41, 5.74) is 0.710. The van der Waals surface area contributed by atoms with E-state index >= 15 is 0 Å². The maximum absolute atomic E-state index is 11.6. The number of methoxy groups -OCH3 is 1. The Morgan fingerprint density at radius 1 is 1.16 bits per heavy atom. The van der Waals surface area contributed by atoms with E-state index in [1.54, 1.807) is 18.2 Å². The second-order valence-electron chi connectivity index (χ2n) is 4.73. The van der Waals surface area contributed by atoms with Crippen molar-refractivity contribution in [3.63, 3.8) is 0 Å². The van der Waals surface area contributed by atoms with Gasteiger partial charge in [0, 0.05) is 13.1 Å². The zero-order chi connectivity index (χ0) is 18.7. The highest BCUT2D eigenvalue weighted by Crippen LogP contribution is 2.28. The van der Waals surface area contributed by atoms with Crippen LogP contribution in [0.2, 0.25) is 0 Å². The van der Waals surface area contributed by atoms with E-state index in [1.165, 1.54) is 26.3 Å². The summed E-state index contributed by atoms with van der Waals surface area (Å²) < 4.78 is 15.4. The average Bonchev–Trinajstić information content (AvgIpc) is 2.63. The fourth-order valence-corrected chi connectivity index (χ4v) is 1.73. The summed E-state index contributed by atoms with van der Waals surface area (Å²) in [4.78, 5) is 34.0. The van der Waals surface area contributed by atoms with Gasteiger partial charge in [-0.25, -0.2) is 4.79 Å². The Labute approximate surface area is 146 Å². The molecule has 2 N–H and O–H groups in total. The zero-order valence-corrected chi connectivity index (χ0v) is 14.5. The van der Waals surface area contributed by atoms with E-state index in [4.69, 9.17) is 14.2 Å². The van der Waals surface area contributed by atoms with Crippen LogP contribution in [-0.2, 0) is 19.1 Å². The van der Waals surface area contributed by atoms with Gasteiger partial charge in [-0.15, -0.1) is 0 Å². The number of hydrogen-bond donors (Lipinski definition) is 2. The molecule has 1 aromatic rings. The summed E-state index contributed by atoms with van der Waals surface area (Å²) in [7, 11) is 2.98. The minimum atomic E-state index is -0.678. The number of hydrogen-bond acceptors (Lipinski definition) is 6. The highest BCUT2D eigenvalue weighted by molar-refractivity contribution is 5.90. The molecule has 1 rings (SSSR count). The lowest BCUT2D eigenvalue weighted by molar-refractivity contribution is -0.143. The molecule has 0 aliphatic carbocycles. The first kappa shape index (κ1) is 20.0. The van der Waals surface area contributed by atoms with Crippen molar-refractivity contribution in [3.8, 4) is 11.5 Å². The van der Waals surface area contributed by atoms with Gasteiger partial charge in [0.2, 0.25) is 5.91 Å². The first-order valence-corrected chi connectivity index (χ1v) is 7.63. The summed E-state index contributed by atoms with van der Waals surface area (Å²) >= 11 is 0. The Bertz CT molecular complexity index is 642. The molecule has 0 spiro atoms. The second-order valence-corrected chi connectivity index (χ2v) is 4.73. The molecule has 0 atom stereocenters. The minimum Gasteiger partial charge on any atom is -0.493 e. The molecule has 0 saturated carbocycles. The van der Waals surface area contributed by atoms with E-state index < -0.39 is 18.5 Å². The van der Waals surface area contributed by atoms with Crippen LogP contribution in [0.1, 0.15) is 12.5 Å². The molecule has 0 aliphatic rings. The second kappa shape index (κ2) is 10.7. The van der Waals surface area contributed by atoms with Crippen molar-refractivity contribution in [3.05, 3.63) is 29.8 Å². The Morgan fingerprint density at radius 3 is 2.56 bits per heavy atom. The first-order chi connectivity index (χ1) is 12.0. The van der Waals surface area contributed by atoms with Gasteiger partial charge >= 0.3 is 5.97 Å². The third-order valence-corrected chi connectivity index (χ3v) is 2.97. The standard InChI is InChI=1S/C17H22N2O6/c1-4-24-13-7-5-12(9-14(13)23-3)6-8-17(22)25-11-16(21)19-10-15(20)18-2/h5-9H,4,10-11H2,1-3H3,(H,18,20)(H,19,21)/b8-6+. The Balaban J connectivity index is 2.51. The molecule has 2 amide bonds. The summed E-state index contributed by atoms with van der Waals surface area (Å²) in [6, 6.07) is 5.21. The van der Waals surface area contributed by atoms with Crippen LogP contribution in [0.4, 0.5) is 0 Å². The van der Waals surface area contributed by atoms with Gasteiger partial charge in [-0.05, 0) is 30.7 Å². The predicted octanol–water partition coefficient (Wildman–Crippen LogP) is 0.513. The fraction of sp³-hybridized carbons (Fsp3) is 0.353. The van der Waals surface area contributed by atoms with Crippen molar-refractivity contribution < 1.29 is 28.6 Å². The zero-order valence-electron chi connectivity index (χ0n) is 14.5. The van der Waals surface area contributed by atoms with Crippen molar-refractivity contribution in [2.45, 2.75) is 6.92 Å². The van der Waals surface area contributed by atoms with Crippen LogP contribution in [0.25, 0.3) is 6.08 Å². The Hall–Kier alpha value is -3.03. The average molecular weight is 350 g/mol. The van der Waals surface area contributed by atoms with Crippen LogP contribution in [0, 0.1) is 0 Å². The third kappa shape index (κ3) is 7.38.